The van der Waals surface area contributed by atoms with E-state index in [1.54, 1.807) is 18.2 Å². The van der Waals surface area contributed by atoms with Gasteiger partial charge in [-0.25, -0.2) is 5.14 Å². The van der Waals surface area contributed by atoms with E-state index in [-0.39, 0.29) is 18.2 Å². The van der Waals surface area contributed by atoms with Crippen molar-refractivity contribution in [2.24, 2.45) is 5.14 Å². The third-order valence-corrected chi connectivity index (χ3v) is 3.79. The smallest absolute Gasteiger partial charge is 0.297 e. The lowest BCUT2D eigenvalue weighted by molar-refractivity contribution is -0.125. The number of hydroxylamine groups is 1. The summed E-state index contributed by atoms with van der Waals surface area (Å²) in [6.45, 7) is -0.175. The standard InChI is InChI=1S/C15H15N3O6S/c1-22-12-6-7-13-14(8-12)23-9-15(19)18(13)24-11-4-2-10(3-5-11)17-25(16,20)21/h2-8,17H,9H2,1H3,(H2,16,20,21). The number of nitrogens with two attached hydrogens (primary N) is 1. The van der Waals surface area contributed by atoms with Crippen LogP contribution in [0.3, 0.4) is 0 Å². The van der Waals surface area contributed by atoms with E-state index in [9.17, 15) is 13.2 Å². The van der Waals surface area contributed by atoms with Crippen LogP contribution >= 0.6 is 0 Å². The van der Waals surface area contributed by atoms with E-state index in [1.165, 1.54) is 31.4 Å². The first-order valence-electron chi connectivity index (χ1n) is 7.08. The fourth-order valence-corrected chi connectivity index (χ4v) is 2.66. The Balaban J connectivity index is 1.82. The molecule has 1 amide bonds. The van der Waals surface area contributed by atoms with Crippen molar-refractivity contribution in [3.05, 3.63) is 42.5 Å². The highest BCUT2D eigenvalue weighted by Gasteiger charge is 2.28. The summed E-state index contributed by atoms with van der Waals surface area (Å²) in [4.78, 5) is 17.7. The third kappa shape index (κ3) is 3.92. The van der Waals surface area contributed by atoms with Crippen molar-refractivity contribution in [3.8, 4) is 17.2 Å². The maximum absolute atomic E-state index is 12.1. The molecule has 1 aliphatic heterocycles. The number of hydrogen-bond donors (Lipinski definition) is 2. The Morgan fingerprint density at radius 3 is 2.48 bits per heavy atom. The lowest BCUT2D eigenvalue weighted by Gasteiger charge is -2.28. The summed E-state index contributed by atoms with van der Waals surface area (Å²) in [7, 11) is -2.33. The molecule has 0 saturated carbocycles. The SMILES string of the molecule is COc1ccc2c(c1)OCC(=O)N2Oc1ccc(NS(N)(=O)=O)cc1. The first kappa shape index (κ1) is 16.9. The van der Waals surface area contributed by atoms with Gasteiger partial charge in [-0.2, -0.15) is 8.42 Å². The van der Waals surface area contributed by atoms with Gasteiger partial charge in [-0.3, -0.25) is 9.52 Å². The first-order valence-corrected chi connectivity index (χ1v) is 8.63. The normalized spacial score (nSPS) is 13.7. The number of ether oxygens (including phenoxy) is 2. The highest BCUT2D eigenvalue weighted by Crippen LogP contribution is 2.35. The van der Waals surface area contributed by atoms with Gasteiger partial charge in [0.15, 0.2) is 18.1 Å². The molecule has 0 saturated heterocycles. The molecule has 3 N–H and O–H groups in total. The first-order chi connectivity index (χ1) is 11.9. The summed E-state index contributed by atoms with van der Waals surface area (Å²) in [6.07, 6.45) is 0. The average Bonchev–Trinajstić information content (AvgIpc) is 2.57. The fraction of sp³-hybridized carbons (Fsp3) is 0.133. The number of nitrogens with zero attached hydrogens (tertiary/aromatic N) is 1. The highest BCUT2D eigenvalue weighted by atomic mass is 32.2. The van der Waals surface area contributed by atoms with Gasteiger partial charge >= 0.3 is 0 Å². The molecule has 1 heterocycles. The summed E-state index contributed by atoms with van der Waals surface area (Å²) < 4.78 is 34.6. The number of anilines is 2. The predicted octanol–water partition coefficient (Wildman–Crippen LogP) is 1.03. The van der Waals surface area contributed by atoms with E-state index in [0.29, 0.717) is 22.9 Å². The number of fused-ring (bicyclic) bond motifs is 1. The Morgan fingerprint density at radius 1 is 1.16 bits per heavy atom. The van der Waals surface area contributed by atoms with Crippen molar-refractivity contribution in [3.63, 3.8) is 0 Å². The molecular formula is C15H15N3O6S. The zero-order valence-electron chi connectivity index (χ0n) is 13.1. The largest absolute Gasteiger partial charge is 0.497 e. The number of methoxy groups -OCH3 is 1. The molecule has 1 aliphatic rings. The van der Waals surface area contributed by atoms with E-state index >= 15 is 0 Å². The molecule has 10 heteroatoms. The van der Waals surface area contributed by atoms with Crippen molar-refractivity contribution in [1.82, 2.24) is 0 Å². The Labute approximate surface area is 144 Å². The topological polar surface area (TPSA) is 120 Å². The van der Waals surface area contributed by atoms with Gasteiger partial charge < -0.3 is 14.3 Å². The van der Waals surface area contributed by atoms with Crippen LogP contribution in [0.5, 0.6) is 17.2 Å². The van der Waals surface area contributed by atoms with Gasteiger partial charge in [0.2, 0.25) is 0 Å². The zero-order chi connectivity index (χ0) is 18.0. The van der Waals surface area contributed by atoms with Crippen molar-refractivity contribution < 1.29 is 27.5 Å². The van der Waals surface area contributed by atoms with Gasteiger partial charge in [0, 0.05) is 11.8 Å². The molecule has 0 spiro atoms. The molecule has 0 aliphatic carbocycles. The molecule has 3 rings (SSSR count). The highest BCUT2D eigenvalue weighted by molar-refractivity contribution is 7.90. The van der Waals surface area contributed by atoms with Gasteiger partial charge in [0.1, 0.15) is 11.4 Å². The van der Waals surface area contributed by atoms with E-state index in [1.807, 2.05) is 0 Å². The maximum atomic E-state index is 12.1. The summed E-state index contributed by atoms with van der Waals surface area (Å²) >= 11 is 0. The van der Waals surface area contributed by atoms with Crippen LogP contribution in [0.15, 0.2) is 42.5 Å². The Kier molecular flexibility index (Phi) is 4.38. The summed E-state index contributed by atoms with van der Waals surface area (Å²) in [6, 6.07) is 10.9. The second kappa shape index (κ2) is 6.49. The van der Waals surface area contributed by atoms with E-state index in [0.717, 1.165) is 5.06 Å². The van der Waals surface area contributed by atoms with E-state index in [2.05, 4.69) is 4.72 Å². The molecular weight excluding hydrogens is 350 g/mol. The second-order valence-electron chi connectivity index (χ2n) is 5.07. The predicted molar refractivity (Wildman–Crippen MR) is 89.8 cm³/mol. The molecule has 25 heavy (non-hydrogen) atoms. The molecule has 0 unspecified atom stereocenters. The molecule has 0 aromatic heterocycles. The van der Waals surface area contributed by atoms with Crippen LogP contribution in [0, 0.1) is 0 Å². The molecule has 9 nitrogen and oxygen atoms in total. The molecule has 0 atom stereocenters. The number of benzene rings is 2. The quantitative estimate of drug-likeness (QED) is 0.816. The van der Waals surface area contributed by atoms with Crippen LogP contribution in [0.4, 0.5) is 11.4 Å². The summed E-state index contributed by atoms with van der Waals surface area (Å²) in [5, 5.41) is 6.01. The van der Waals surface area contributed by atoms with Crippen LogP contribution in [0.25, 0.3) is 0 Å². The molecule has 0 fully saturated rings. The zero-order valence-corrected chi connectivity index (χ0v) is 13.9. The second-order valence-corrected chi connectivity index (χ2v) is 6.37. The number of rotatable bonds is 5. The number of hydrogen-bond acceptors (Lipinski definition) is 6. The number of amides is 1. The van der Waals surface area contributed by atoms with Crippen molar-refractivity contribution in [2.45, 2.75) is 0 Å². The van der Waals surface area contributed by atoms with E-state index < -0.39 is 10.2 Å². The van der Waals surface area contributed by atoms with Gasteiger partial charge in [-0.1, -0.05) is 0 Å². The number of carbonyl (C=O) groups is 1. The Hall–Kier alpha value is -2.98. The van der Waals surface area contributed by atoms with Crippen LogP contribution < -0.4 is 29.2 Å². The lowest BCUT2D eigenvalue weighted by Crippen LogP contribution is -2.41. The number of carbonyl (C=O) groups excluding carboxylic acids is 1. The van der Waals surface area contributed by atoms with E-state index in [4.69, 9.17) is 19.5 Å². The molecule has 2 aromatic rings. The molecule has 2 aromatic carbocycles. The lowest BCUT2D eigenvalue weighted by atomic mass is 10.2. The fourth-order valence-electron chi connectivity index (χ4n) is 2.19. The number of nitrogens with one attached hydrogen (secondary N) is 1. The summed E-state index contributed by atoms with van der Waals surface area (Å²) in [5.74, 6) is 0.985. The van der Waals surface area contributed by atoms with Gasteiger partial charge in [-0.15, -0.1) is 5.06 Å². The molecule has 0 radical (unpaired) electrons. The molecule has 132 valence electrons. The van der Waals surface area contributed by atoms with Crippen molar-refractivity contribution in [2.75, 3.05) is 23.5 Å². The minimum atomic E-state index is -3.86. The van der Waals surface area contributed by atoms with Gasteiger partial charge in [0.05, 0.1) is 7.11 Å². The van der Waals surface area contributed by atoms with Gasteiger partial charge in [0.25, 0.3) is 16.1 Å². The Bertz CT molecular complexity index is 898. The maximum Gasteiger partial charge on any atom is 0.297 e. The minimum absolute atomic E-state index is 0.175. The van der Waals surface area contributed by atoms with Gasteiger partial charge in [-0.05, 0) is 36.4 Å². The van der Waals surface area contributed by atoms with Crippen LogP contribution in [-0.4, -0.2) is 28.0 Å². The van der Waals surface area contributed by atoms with Crippen molar-refractivity contribution >= 4 is 27.5 Å². The van der Waals surface area contributed by atoms with Crippen LogP contribution in [0.1, 0.15) is 0 Å². The minimum Gasteiger partial charge on any atom is -0.497 e. The molecule has 0 bridgehead atoms. The van der Waals surface area contributed by atoms with Crippen LogP contribution in [-0.2, 0) is 15.0 Å². The third-order valence-electron chi connectivity index (χ3n) is 3.27. The average molecular weight is 365 g/mol. The van der Waals surface area contributed by atoms with Crippen molar-refractivity contribution in [1.29, 1.82) is 0 Å². The summed E-state index contributed by atoms with van der Waals surface area (Å²) in [5.41, 5.74) is 0.706. The van der Waals surface area contributed by atoms with Crippen LogP contribution in [0.2, 0.25) is 0 Å². The Morgan fingerprint density at radius 2 is 1.84 bits per heavy atom. The monoisotopic (exact) mass is 365 g/mol.